The van der Waals surface area contributed by atoms with Crippen molar-refractivity contribution in [2.75, 3.05) is 19.8 Å². The Hall–Kier alpha value is -0.710. The maximum Gasteiger partial charge on any atom is 0.183 e. The van der Waals surface area contributed by atoms with E-state index in [4.69, 9.17) is 39.7 Å². The molecule has 0 saturated heterocycles. The van der Waals surface area contributed by atoms with Crippen LogP contribution in [0.25, 0.3) is 0 Å². The molecule has 1 atom stereocenters. The molecule has 0 bridgehead atoms. The van der Waals surface area contributed by atoms with Gasteiger partial charge in [0.1, 0.15) is 19.3 Å². The van der Waals surface area contributed by atoms with Crippen LogP contribution in [-0.2, 0) is 14.2 Å². The maximum atomic E-state index is 9.68. The van der Waals surface area contributed by atoms with E-state index in [1.807, 2.05) is 0 Å². The average molecular weight is 275 g/mol. The first-order valence-electron chi connectivity index (χ1n) is 3.83. The van der Waals surface area contributed by atoms with Crippen molar-refractivity contribution in [3.05, 3.63) is 0 Å². The van der Waals surface area contributed by atoms with Crippen LogP contribution in [0.3, 0.4) is 0 Å². The fourth-order valence-electron chi connectivity index (χ4n) is 0.0930. The number of Topliss-reactive ketones (excluding diaryl/α,β-unsaturated/α-hetero) is 1. The second-order valence-corrected chi connectivity index (χ2v) is 3.08. The summed E-state index contributed by atoms with van der Waals surface area (Å²) in [7, 11) is -5.39. The Morgan fingerprint density at radius 2 is 1.47 bits per heavy atom. The molecule has 0 aromatic heterocycles. The van der Waals surface area contributed by atoms with Gasteiger partial charge in [0.2, 0.25) is 0 Å². The molecule has 1 unspecified atom stereocenters. The minimum Gasteiger partial charge on any atom is -0.822 e. The van der Waals surface area contributed by atoms with E-state index in [1.54, 1.807) is 0 Å². The van der Waals surface area contributed by atoms with Crippen molar-refractivity contribution in [2.24, 2.45) is 0 Å². The van der Waals surface area contributed by atoms with Gasteiger partial charge >= 0.3 is 0 Å². The number of aldehydes is 1. The summed E-state index contributed by atoms with van der Waals surface area (Å²) in [5.74, 6) is -0.546. The third kappa shape index (κ3) is 50.8. The van der Waals surface area contributed by atoms with Gasteiger partial charge in [-0.05, 0) is 0 Å². The van der Waals surface area contributed by atoms with Crippen LogP contribution < -0.4 is 14.7 Å². The predicted molar refractivity (Wildman–Crippen MR) is 45.9 cm³/mol. The summed E-state index contributed by atoms with van der Waals surface area (Å²) in [6, 6.07) is 0. The van der Waals surface area contributed by atoms with Gasteiger partial charge in [0.25, 0.3) is 0 Å². The summed E-state index contributed by atoms with van der Waals surface area (Å²) in [5, 5.41) is 31.6. The van der Waals surface area contributed by atoms with E-state index in [9.17, 15) is 9.59 Å². The van der Waals surface area contributed by atoms with Crippen molar-refractivity contribution in [3.8, 4) is 0 Å². The molecule has 10 nitrogen and oxygen atoms in total. The molecule has 0 aliphatic heterocycles. The van der Waals surface area contributed by atoms with E-state index in [-0.39, 0.29) is 6.29 Å². The van der Waals surface area contributed by atoms with Gasteiger partial charge in [0.05, 0.1) is 6.61 Å². The minimum atomic E-state index is -5.39. The first-order valence-corrected chi connectivity index (χ1v) is 5.29. The lowest BCUT2D eigenvalue weighted by atomic mass is 10.4. The Morgan fingerprint density at radius 3 is 1.47 bits per heavy atom. The highest BCUT2D eigenvalue weighted by molar-refractivity contribution is 7.40. The number of aliphatic hydroxyl groups is 4. The summed E-state index contributed by atoms with van der Waals surface area (Å²) in [5.41, 5.74) is 0. The molecule has 0 aliphatic carbocycles. The van der Waals surface area contributed by atoms with Crippen molar-refractivity contribution in [1.29, 1.82) is 0 Å². The van der Waals surface area contributed by atoms with Gasteiger partial charge in [0, 0.05) is 0 Å². The van der Waals surface area contributed by atoms with Crippen molar-refractivity contribution in [2.45, 2.75) is 6.10 Å². The van der Waals surface area contributed by atoms with Crippen LogP contribution in [0, 0.1) is 0 Å². The lowest BCUT2D eigenvalue weighted by Crippen LogP contribution is -2.24. The molecule has 17 heavy (non-hydrogen) atoms. The molecule has 0 radical (unpaired) electrons. The Bertz CT molecular complexity index is 221. The number of carbonyl (C=O) groups excluding carboxylic acids is 2. The van der Waals surface area contributed by atoms with E-state index in [1.165, 1.54) is 0 Å². The standard InChI is InChI=1S/2C3H6O3.H3O4P/c2*4-1-3(6)2-5;1-5(2,3)4/h4-5H,1-2H2;1,3,5-6H,2H2;(H3,1,2,3,4)/p-3. The zero-order valence-corrected chi connectivity index (χ0v) is 9.36. The molecule has 104 valence electrons. The Balaban J connectivity index is -0.000000174. The SMILES string of the molecule is O=C(CO)CO.O=CC(O)CO.O=P([O-])([O-])[O-]. The molecule has 0 saturated carbocycles. The van der Waals surface area contributed by atoms with Crippen molar-refractivity contribution < 1.29 is 49.3 Å². The molecule has 0 fully saturated rings. The third-order valence-electron chi connectivity index (χ3n) is 0.697. The van der Waals surface area contributed by atoms with Crippen LogP contribution in [0.4, 0.5) is 0 Å². The van der Waals surface area contributed by atoms with Crippen LogP contribution in [0.15, 0.2) is 0 Å². The highest BCUT2D eigenvalue weighted by Crippen LogP contribution is 2.03. The molecular weight excluding hydrogens is 263 g/mol. The topological polar surface area (TPSA) is 201 Å². The highest BCUT2D eigenvalue weighted by atomic mass is 31.2. The number of hydrogen-bond donors (Lipinski definition) is 4. The summed E-state index contributed by atoms with van der Waals surface area (Å²) < 4.78 is 8.55. The predicted octanol–water partition coefficient (Wildman–Crippen LogP) is -5.75. The largest absolute Gasteiger partial charge is 0.822 e. The highest BCUT2D eigenvalue weighted by Gasteiger charge is 1.92. The van der Waals surface area contributed by atoms with Gasteiger partial charge in [-0.15, -0.1) is 0 Å². The van der Waals surface area contributed by atoms with E-state index < -0.39 is 39.5 Å². The zero-order chi connectivity index (χ0) is 14.5. The number of phosphoric acid groups is 1. The molecule has 0 heterocycles. The number of ketones is 1. The maximum absolute atomic E-state index is 9.68. The number of rotatable bonds is 4. The molecule has 11 heteroatoms. The Morgan fingerprint density at radius 1 is 1.18 bits per heavy atom. The average Bonchev–Trinajstić information content (AvgIpc) is 2.25. The lowest BCUT2D eigenvalue weighted by Gasteiger charge is -2.36. The van der Waals surface area contributed by atoms with Gasteiger partial charge in [-0.3, -0.25) is 4.79 Å². The van der Waals surface area contributed by atoms with Crippen LogP contribution in [0.2, 0.25) is 0 Å². The molecular formula is C6H12O10P-3. The molecule has 0 aromatic rings. The Labute approximate surface area is 96.0 Å². The smallest absolute Gasteiger partial charge is 0.183 e. The van der Waals surface area contributed by atoms with E-state index in [0.29, 0.717) is 0 Å². The van der Waals surface area contributed by atoms with Crippen LogP contribution in [-0.4, -0.2) is 58.4 Å². The normalized spacial score (nSPS) is 11.2. The van der Waals surface area contributed by atoms with Gasteiger partial charge in [-0.1, -0.05) is 0 Å². The molecule has 0 rings (SSSR count). The third-order valence-corrected chi connectivity index (χ3v) is 0.697. The first-order chi connectivity index (χ1) is 7.62. The summed E-state index contributed by atoms with van der Waals surface area (Å²) in [6.45, 7) is -1.60. The van der Waals surface area contributed by atoms with Crippen LogP contribution in [0.1, 0.15) is 0 Å². The van der Waals surface area contributed by atoms with Gasteiger partial charge in [-0.2, -0.15) is 7.82 Å². The monoisotopic (exact) mass is 275 g/mol. The summed E-state index contributed by atoms with van der Waals surface area (Å²) in [4.78, 5) is 44.7. The second kappa shape index (κ2) is 13.4. The van der Waals surface area contributed by atoms with Crippen LogP contribution in [0.5, 0.6) is 0 Å². The molecule has 0 amide bonds. The molecule has 0 spiro atoms. The summed E-state index contributed by atoms with van der Waals surface area (Å²) in [6.07, 6.45) is -0.912. The van der Waals surface area contributed by atoms with Crippen molar-refractivity contribution in [1.82, 2.24) is 0 Å². The van der Waals surface area contributed by atoms with E-state index >= 15 is 0 Å². The second-order valence-electron chi connectivity index (χ2n) is 2.19. The van der Waals surface area contributed by atoms with Gasteiger partial charge < -0.3 is 44.5 Å². The fourth-order valence-corrected chi connectivity index (χ4v) is 0.0930. The number of carbonyl (C=O) groups is 2. The van der Waals surface area contributed by atoms with Crippen LogP contribution >= 0.6 is 7.82 Å². The van der Waals surface area contributed by atoms with Crippen molar-refractivity contribution >= 4 is 19.9 Å². The van der Waals surface area contributed by atoms with E-state index in [0.717, 1.165) is 0 Å². The first kappa shape index (κ1) is 21.6. The van der Waals surface area contributed by atoms with Gasteiger partial charge in [-0.25, -0.2) is 0 Å². The van der Waals surface area contributed by atoms with Crippen molar-refractivity contribution in [3.63, 3.8) is 0 Å². The van der Waals surface area contributed by atoms with E-state index in [2.05, 4.69) is 0 Å². The van der Waals surface area contributed by atoms with Gasteiger partial charge in [0.15, 0.2) is 12.1 Å². The molecule has 4 N–H and O–H groups in total. The fraction of sp³-hybridized carbons (Fsp3) is 0.667. The number of aliphatic hydroxyl groups excluding tert-OH is 4. The number of hydrogen-bond acceptors (Lipinski definition) is 10. The zero-order valence-electron chi connectivity index (χ0n) is 8.46. The quantitative estimate of drug-likeness (QED) is 0.282. The molecule has 0 aromatic carbocycles. The Kier molecular flexibility index (Phi) is 16.9. The lowest BCUT2D eigenvalue weighted by molar-refractivity contribution is -0.432. The minimum absolute atomic E-state index is 0.278. The molecule has 0 aliphatic rings. The summed E-state index contributed by atoms with van der Waals surface area (Å²) >= 11 is 0.